The van der Waals surface area contributed by atoms with Crippen LogP contribution in [0.5, 0.6) is 0 Å². The fourth-order valence-electron chi connectivity index (χ4n) is 3.40. The SMILES string of the molecule is CC(C)NC(=O)Nc1ccc2c(c1)N(C(=O)COC(C)C)c1ccccc1CC2. The van der Waals surface area contributed by atoms with Crippen molar-refractivity contribution in [1.82, 2.24) is 5.32 Å². The Bertz CT molecular complexity index is 893. The molecular weight excluding hydrogens is 366 g/mol. The number of ether oxygens (including phenoxy) is 1. The van der Waals surface area contributed by atoms with Crippen LogP contribution in [0, 0.1) is 0 Å². The summed E-state index contributed by atoms with van der Waals surface area (Å²) < 4.78 is 5.60. The van der Waals surface area contributed by atoms with Crippen molar-refractivity contribution in [2.45, 2.75) is 52.7 Å². The second-order valence-electron chi connectivity index (χ2n) is 7.81. The molecule has 0 radical (unpaired) electrons. The van der Waals surface area contributed by atoms with Gasteiger partial charge in [-0.1, -0.05) is 24.3 Å². The molecule has 2 aromatic rings. The average Bonchev–Trinajstić information content (AvgIpc) is 2.82. The van der Waals surface area contributed by atoms with Gasteiger partial charge < -0.3 is 15.4 Å². The number of carbonyl (C=O) groups is 2. The summed E-state index contributed by atoms with van der Waals surface area (Å²) in [6.45, 7) is 7.63. The monoisotopic (exact) mass is 395 g/mol. The van der Waals surface area contributed by atoms with Crippen LogP contribution in [0.3, 0.4) is 0 Å². The number of carbonyl (C=O) groups excluding carboxylic acids is 2. The minimum Gasteiger partial charge on any atom is -0.369 e. The van der Waals surface area contributed by atoms with Crippen LogP contribution in [-0.4, -0.2) is 30.7 Å². The Morgan fingerprint density at radius 3 is 2.38 bits per heavy atom. The molecule has 0 aromatic heterocycles. The van der Waals surface area contributed by atoms with Gasteiger partial charge in [-0.05, 0) is 69.9 Å². The molecule has 29 heavy (non-hydrogen) atoms. The summed E-state index contributed by atoms with van der Waals surface area (Å²) in [5.41, 5.74) is 4.48. The summed E-state index contributed by atoms with van der Waals surface area (Å²) in [5, 5.41) is 5.67. The topological polar surface area (TPSA) is 70.7 Å². The highest BCUT2D eigenvalue weighted by Crippen LogP contribution is 2.37. The van der Waals surface area contributed by atoms with Gasteiger partial charge in [-0.3, -0.25) is 9.69 Å². The molecule has 2 aromatic carbocycles. The van der Waals surface area contributed by atoms with E-state index >= 15 is 0 Å². The van der Waals surface area contributed by atoms with Gasteiger partial charge in [0.2, 0.25) is 0 Å². The fraction of sp³-hybridized carbons (Fsp3) is 0.391. The van der Waals surface area contributed by atoms with Crippen molar-refractivity contribution >= 4 is 29.0 Å². The zero-order valence-corrected chi connectivity index (χ0v) is 17.5. The molecule has 0 aliphatic carbocycles. The molecule has 3 amide bonds. The predicted octanol–water partition coefficient (Wildman–Crippen LogP) is 4.40. The van der Waals surface area contributed by atoms with Crippen molar-refractivity contribution in [3.63, 3.8) is 0 Å². The normalized spacial score (nSPS) is 13.0. The molecule has 1 aliphatic heterocycles. The van der Waals surface area contributed by atoms with Gasteiger partial charge in [0.15, 0.2) is 0 Å². The number of rotatable bonds is 5. The first-order valence-corrected chi connectivity index (χ1v) is 10.1. The molecule has 154 valence electrons. The highest BCUT2D eigenvalue weighted by Gasteiger charge is 2.26. The van der Waals surface area contributed by atoms with Gasteiger partial charge >= 0.3 is 6.03 Å². The van der Waals surface area contributed by atoms with Crippen LogP contribution in [0.25, 0.3) is 0 Å². The Morgan fingerprint density at radius 1 is 1.00 bits per heavy atom. The summed E-state index contributed by atoms with van der Waals surface area (Å²) >= 11 is 0. The smallest absolute Gasteiger partial charge is 0.319 e. The maximum atomic E-state index is 13.2. The largest absolute Gasteiger partial charge is 0.369 e. The number of hydrogen-bond donors (Lipinski definition) is 2. The minimum absolute atomic E-state index is 0.00304. The molecule has 0 saturated heterocycles. The zero-order chi connectivity index (χ0) is 21.0. The van der Waals surface area contributed by atoms with Crippen LogP contribution in [-0.2, 0) is 22.4 Å². The van der Waals surface area contributed by atoms with Crippen molar-refractivity contribution in [2.24, 2.45) is 0 Å². The molecule has 1 aliphatic rings. The minimum atomic E-state index is -0.269. The van der Waals surface area contributed by atoms with E-state index in [1.807, 2.05) is 64.1 Å². The van der Waals surface area contributed by atoms with Crippen LogP contribution >= 0.6 is 0 Å². The molecule has 1 heterocycles. The van der Waals surface area contributed by atoms with Crippen molar-refractivity contribution < 1.29 is 14.3 Å². The molecule has 0 spiro atoms. The lowest BCUT2D eigenvalue weighted by atomic mass is 10.0. The number of amides is 3. The van der Waals surface area contributed by atoms with Gasteiger partial charge in [-0.15, -0.1) is 0 Å². The highest BCUT2D eigenvalue weighted by molar-refractivity contribution is 6.04. The second-order valence-corrected chi connectivity index (χ2v) is 7.81. The van der Waals surface area contributed by atoms with Crippen molar-refractivity contribution in [3.05, 3.63) is 53.6 Å². The van der Waals surface area contributed by atoms with Crippen molar-refractivity contribution in [1.29, 1.82) is 0 Å². The Balaban J connectivity index is 1.99. The summed E-state index contributed by atoms with van der Waals surface area (Å²) in [7, 11) is 0. The molecule has 6 nitrogen and oxygen atoms in total. The number of nitrogens with zero attached hydrogens (tertiary/aromatic N) is 1. The first-order valence-electron chi connectivity index (χ1n) is 10.1. The van der Waals surface area contributed by atoms with E-state index in [-0.39, 0.29) is 30.7 Å². The lowest BCUT2D eigenvalue weighted by Gasteiger charge is -2.26. The first kappa shape index (κ1) is 20.9. The van der Waals surface area contributed by atoms with Crippen molar-refractivity contribution in [2.75, 3.05) is 16.8 Å². The third-order valence-electron chi connectivity index (χ3n) is 4.69. The summed E-state index contributed by atoms with van der Waals surface area (Å²) in [6, 6.07) is 13.4. The lowest BCUT2D eigenvalue weighted by molar-refractivity contribution is -0.123. The summed E-state index contributed by atoms with van der Waals surface area (Å²) in [6.07, 6.45) is 1.63. The summed E-state index contributed by atoms with van der Waals surface area (Å²) in [4.78, 5) is 27.0. The molecule has 0 fully saturated rings. The summed E-state index contributed by atoms with van der Waals surface area (Å²) in [5.74, 6) is -0.127. The van der Waals surface area contributed by atoms with Gasteiger partial charge in [0.25, 0.3) is 5.91 Å². The Morgan fingerprint density at radius 2 is 1.69 bits per heavy atom. The van der Waals surface area contributed by atoms with E-state index < -0.39 is 0 Å². The highest BCUT2D eigenvalue weighted by atomic mass is 16.5. The standard InChI is InChI=1S/C23H29N3O3/c1-15(2)24-23(28)25-19-12-11-18-10-9-17-7-5-6-8-20(17)26(21(18)13-19)22(27)14-29-16(3)4/h5-8,11-13,15-16H,9-10,14H2,1-4H3,(H2,24,25,28). The van der Waals surface area contributed by atoms with E-state index in [0.717, 1.165) is 35.3 Å². The van der Waals surface area contributed by atoms with Crippen molar-refractivity contribution in [3.8, 4) is 0 Å². The maximum Gasteiger partial charge on any atom is 0.319 e. The molecule has 0 atom stereocenters. The molecule has 0 saturated carbocycles. The van der Waals surface area contributed by atoms with Crippen LogP contribution < -0.4 is 15.5 Å². The number of benzene rings is 2. The van der Waals surface area contributed by atoms with Gasteiger partial charge in [0.05, 0.1) is 17.5 Å². The first-order chi connectivity index (χ1) is 13.8. The molecule has 2 N–H and O–H groups in total. The number of urea groups is 1. The number of fused-ring (bicyclic) bond motifs is 2. The Labute approximate surface area is 172 Å². The second kappa shape index (κ2) is 9.09. The lowest BCUT2D eigenvalue weighted by Crippen LogP contribution is -2.34. The quantitative estimate of drug-likeness (QED) is 0.788. The number of aryl methyl sites for hydroxylation is 2. The molecular formula is C23H29N3O3. The van der Waals surface area contributed by atoms with Gasteiger partial charge in [0, 0.05) is 11.7 Å². The van der Waals surface area contributed by atoms with E-state index in [2.05, 4.69) is 16.7 Å². The van der Waals surface area contributed by atoms with E-state index in [1.54, 1.807) is 4.90 Å². The Hall–Kier alpha value is -2.86. The molecule has 6 heteroatoms. The maximum absolute atomic E-state index is 13.2. The fourth-order valence-corrected chi connectivity index (χ4v) is 3.40. The van der Waals surface area contributed by atoms with E-state index in [4.69, 9.17) is 4.74 Å². The number of nitrogens with one attached hydrogen (secondary N) is 2. The Kier molecular flexibility index (Phi) is 6.54. The van der Waals surface area contributed by atoms with E-state index in [0.29, 0.717) is 5.69 Å². The molecule has 0 bridgehead atoms. The van der Waals surface area contributed by atoms with Gasteiger partial charge in [0.1, 0.15) is 6.61 Å². The molecule has 3 rings (SSSR count). The number of hydrogen-bond acceptors (Lipinski definition) is 3. The molecule has 0 unspecified atom stereocenters. The van der Waals surface area contributed by atoms with Gasteiger partial charge in [-0.25, -0.2) is 4.79 Å². The van der Waals surface area contributed by atoms with Crippen LogP contribution in [0.15, 0.2) is 42.5 Å². The van der Waals surface area contributed by atoms with Crippen LogP contribution in [0.1, 0.15) is 38.8 Å². The van der Waals surface area contributed by atoms with Gasteiger partial charge in [-0.2, -0.15) is 0 Å². The number of anilines is 3. The van der Waals surface area contributed by atoms with E-state index in [1.165, 1.54) is 0 Å². The van der Waals surface area contributed by atoms with Crippen LogP contribution in [0.2, 0.25) is 0 Å². The van der Waals surface area contributed by atoms with E-state index in [9.17, 15) is 9.59 Å². The zero-order valence-electron chi connectivity index (χ0n) is 17.5. The average molecular weight is 396 g/mol. The number of para-hydroxylation sites is 1. The third kappa shape index (κ3) is 5.15. The van der Waals surface area contributed by atoms with Crippen LogP contribution in [0.4, 0.5) is 21.9 Å². The predicted molar refractivity (Wildman–Crippen MR) is 116 cm³/mol. The third-order valence-corrected chi connectivity index (χ3v) is 4.69.